The number of carbonyl (C=O) groups is 5. The summed E-state index contributed by atoms with van der Waals surface area (Å²) in [4.78, 5) is 63.8. The van der Waals surface area contributed by atoms with Gasteiger partial charge in [0, 0.05) is 65.8 Å². The molecule has 0 aromatic heterocycles. The normalized spacial score (nSPS) is 10.9. The summed E-state index contributed by atoms with van der Waals surface area (Å²) >= 11 is 0. The van der Waals surface area contributed by atoms with Crippen LogP contribution in [0.25, 0.3) is 0 Å². The maximum atomic E-state index is 11.8. The third-order valence-corrected chi connectivity index (χ3v) is 5.62. The zero-order chi connectivity index (χ0) is 28.1. The zero-order valence-corrected chi connectivity index (χ0v) is 22.8. The van der Waals surface area contributed by atoms with Crippen molar-refractivity contribution in [2.45, 2.75) is 32.6 Å². The fraction of sp³-hybridized carbons (Fsp3) is 0.792. The fourth-order valence-electron chi connectivity index (χ4n) is 3.30. The summed E-state index contributed by atoms with van der Waals surface area (Å²) in [7, 11) is 5.30. The summed E-state index contributed by atoms with van der Waals surface area (Å²) in [6.07, 6.45) is 0.735. The van der Waals surface area contributed by atoms with Crippen molar-refractivity contribution < 1.29 is 47.7 Å². The van der Waals surface area contributed by atoms with Crippen LogP contribution in [0.2, 0.25) is 0 Å². The Balaban J connectivity index is 5.20. The molecule has 0 heterocycles. The van der Waals surface area contributed by atoms with E-state index in [9.17, 15) is 24.0 Å². The molecule has 13 nitrogen and oxygen atoms in total. The SMILES string of the molecule is COC(=O)CCN(CCOC(C)=O)CCN(CCC(=O)OC)CCN(CCC(=O)OC)CCC(=O)OC. The quantitative estimate of drug-likeness (QED) is 0.141. The molecule has 37 heavy (non-hydrogen) atoms. The van der Waals surface area contributed by atoms with Crippen LogP contribution in [0, 0.1) is 0 Å². The first-order chi connectivity index (χ1) is 17.6. The summed E-state index contributed by atoms with van der Waals surface area (Å²) in [5.74, 6) is -1.76. The number of esters is 5. The predicted molar refractivity (Wildman–Crippen MR) is 132 cm³/mol. The average molecular weight is 534 g/mol. The Morgan fingerprint density at radius 3 is 1.00 bits per heavy atom. The van der Waals surface area contributed by atoms with Gasteiger partial charge in [-0.15, -0.1) is 0 Å². The van der Waals surface area contributed by atoms with Crippen LogP contribution in [0.3, 0.4) is 0 Å². The Bertz CT molecular complexity index is 684. The van der Waals surface area contributed by atoms with Crippen molar-refractivity contribution in [1.29, 1.82) is 0 Å². The van der Waals surface area contributed by atoms with Crippen LogP contribution in [0.4, 0.5) is 0 Å². The smallest absolute Gasteiger partial charge is 0.306 e. The van der Waals surface area contributed by atoms with Crippen LogP contribution >= 0.6 is 0 Å². The minimum atomic E-state index is -0.383. The van der Waals surface area contributed by atoms with E-state index in [2.05, 4.69) is 4.90 Å². The number of carbonyl (C=O) groups excluding carboxylic acids is 5. The van der Waals surface area contributed by atoms with E-state index in [1.165, 1.54) is 35.4 Å². The number of hydrogen-bond acceptors (Lipinski definition) is 13. The third-order valence-electron chi connectivity index (χ3n) is 5.62. The van der Waals surface area contributed by atoms with Gasteiger partial charge in [0.1, 0.15) is 6.61 Å². The standard InChI is InChI=1S/C24H43N3O10/c1-20(28)37-19-18-27(13-9-24(32)36-5)17-16-26(12-8-23(31)35-4)15-14-25(10-6-21(29)33-2)11-7-22(30)34-3/h6-19H2,1-5H3. The zero-order valence-electron chi connectivity index (χ0n) is 22.8. The van der Waals surface area contributed by atoms with Gasteiger partial charge in [0.05, 0.1) is 54.1 Å². The van der Waals surface area contributed by atoms with Gasteiger partial charge in [0.15, 0.2) is 0 Å². The molecule has 0 saturated heterocycles. The number of nitrogens with zero attached hydrogens (tertiary/aromatic N) is 3. The maximum absolute atomic E-state index is 11.8. The van der Waals surface area contributed by atoms with Gasteiger partial charge < -0.3 is 33.5 Å². The Labute approximate surface area is 219 Å². The van der Waals surface area contributed by atoms with Gasteiger partial charge in [-0.2, -0.15) is 0 Å². The Hall–Kier alpha value is -2.77. The molecule has 0 aromatic rings. The monoisotopic (exact) mass is 533 g/mol. The number of methoxy groups -OCH3 is 4. The molecule has 0 amide bonds. The van der Waals surface area contributed by atoms with E-state index in [0.29, 0.717) is 58.9 Å². The molecule has 0 atom stereocenters. The molecule has 214 valence electrons. The van der Waals surface area contributed by atoms with Crippen molar-refractivity contribution >= 4 is 29.8 Å². The van der Waals surface area contributed by atoms with Crippen LogP contribution in [0.1, 0.15) is 32.6 Å². The molecular formula is C24H43N3O10. The summed E-state index contributed by atoms with van der Waals surface area (Å²) < 4.78 is 24.0. The van der Waals surface area contributed by atoms with Gasteiger partial charge in [-0.3, -0.25) is 28.9 Å². The van der Waals surface area contributed by atoms with E-state index < -0.39 is 0 Å². The minimum Gasteiger partial charge on any atom is -0.469 e. The molecule has 13 heteroatoms. The molecule has 0 aliphatic carbocycles. The van der Waals surface area contributed by atoms with Gasteiger partial charge in [0.25, 0.3) is 0 Å². The third kappa shape index (κ3) is 19.1. The Kier molecular flexibility index (Phi) is 19.7. The van der Waals surface area contributed by atoms with Crippen LogP contribution in [0.5, 0.6) is 0 Å². The van der Waals surface area contributed by atoms with Crippen LogP contribution in [-0.2, 0) is 47.7 Å². The highest BCUT2D eigenvalue weighted by Crippen LogP contribution is 2.03. The average Bonchev–Trinajstić information content (AvgIpc) is 2.90. The molecule has 0 fully saturated rings. The highest BCUT2D eigenvalue weighted by Gasteiger charge is 2.16. The predicted octanol–water partition coefficient (Wildman–Crippen LogP) is -0.292. The van der Waals surface area contributed by atoms with Gasteiger partial charge in [0.2, 0.25) is 0 Å². The Morgan fingerprint density at radius 2 is 0.730 bits per heavy atom. The lowest BCUT2D eigenvalue weighted by Gasteiger charge is -2.29. The van der Waals surface area contributed by atoms with Gasteiger partial charge >= 0.3 is 29.8 Å². The highest BCUT2D eigenvalue weighted by atomic mass is 16.5. The van der Waals surface area contributed by atoms with Gasteiger partial charge in [-0.25, -0.2) is 0 Å². The van der Waals surface area contributed by atoms with E-state index in [1.54, 1.807) is 0 Å². The van der Waals surface area contributed by atoms with Crippen molar-refractivity contribution in [3.63, 3.8) is 0 Å². The van der Waals surface area contributed by atoms with E-state index in [1.807, 2.05) is 9.80 Å². The summed E-state index contributed by atoms with van der Waals surface area (Å²) in [5, 5.41) is 0. The number of ether oxygens (including phenoxy) is 5. The first-order valence-corrected chi connectivity index (χ1v) is 12.2. The van der Waals surface area contributed by atoms with Crippen molar-refractivity contribution in [2.24, 2.45) is 0 Å². The maximum Gasteiger partial charge on any atom is 0.306 e. The van der Waals surface area contributed by atoms with Crippen molar-refractivity contribution in [3.8, 4) is 0 Å². The van der Waals surface area contributed by atoms with Crippen LogP contribution < -0.4 is 0 Å². The van der Waals surface area contributed by atoms with Crippen LogP contribution in [0.15, 0.2) is 0 Å². The first kappa shape index (κ1) is 34.2. The lowest BCUT2D eigenvalue weighted by molar-refractivity contribution is -0.143. The molecule has 0 N–H and O–H groups in total. The molecule has 0 bridgehead atoms. The van der Waals surface area contributed by atoms with Crippen LogP contribution in [-0.4, -0.2) is 138 Å². The van der Waals surface area contributed by atoms with Gasteiger partial charge in [-0.1, -0.05) is 0 Å². The first-order valence-electron chi connectivity index (χ1n) is 12.2. The molecule has 0 radical (unpaired) electrons. The van der Waals surface area contributed by atoms with Crippen molar-refractivity contribution in [3.05, 3.63) is 0 Å². The number of hydrogen-bond donors (Lipinski definition) is 0. The second-order valence-corrected chi connectivity index (χ2v) is 8.17. The second kappa shape index (κ2) is 21.3. The van der Waals surface area contributed by atoms with E-state index in [0.717, 1.165) is 0 Å². The molecule has 0 saturated carbocycles. The topological polar surface area (TPSA) is 141 Å². The molecular weight excluding hydrogens is 490 g/mol. The largest absolute Gasteiger partial charge is 0.469 e. The molecule has 0 unspecified atom stereocenters. The lowest BCUT2D eigenvalue weighted by Crippen LogP contribution is -2.42. The lowest BCUT2D eigenvalue weighted by atomic mass is 10.3. The molecule has 0 aromatic carbocycles. The molecule has 0 aliphatic rings. The minimum absolute atomic E-state index is 0.178. The van der Waals surface area contributed by atoms with E-state index >= 15 is 0 Å². The van der Waals surface area contributed by atoms with E-state index in [4.69, 9.17) is 23.7 Å². The van der Waals surface area contributed by atoms with Crippen molar-refractivity contribution in [1.82, 2.24) is 14.7 Å². The van der Waals surface area contributed by atoms with Crippen molar-refractivity contribution in [2.75, 3.05) is 93.9 Å². The van der Waals surface area contributed by atoms with E-state index in [-0.39, 0.29) is 62.1 Å². The second-order valence-electron chi connectivity index (χ2n) is 8.17. The fourth-order valence-corrected chi connectivity index (χ4v) is 3.30. The Morgan fingerprint density at radius 1 is 0.459 bits per heavy atom. The number of rotatable bonds is 21. The summed E-state index contributed by atoms with van der Waals surface area (Å²) in [6.45, 7) is 5.80. The molecule has 0 rings (SSSR count). The molecule has 0 aliphatic heterocycles. The highest BCUT2D eigenvalue weighted by molar-refractivity contribution is 5.70. The summed E-state index contributed by atoms with van der Waals surface area (Å²) in [5.41, 5.74) is 0. The van der Waals surface area contributed by atoms with Gasteiger partial charge in [-0.05, 0) is 0 Å². The molecule has 0 spiro atoms. The summed E-state index contributed by atoms with van der Waals surface area (Å²) in [6, 6.07) is 0.